The van der Waals surface area contributed by atoms with Crippen molar-refractivity contribution >= 4 is 39.3 Å². The lowest BCUT2D eigenvalue weighted by Crippen LogP contribution is -2.51. The van der Waals surface area contributed by atoms with Crippen LogP contribution >= 0.6 is 11.8 Å². The van der Waals surface area contributed by atoms with Crippen molar-refractivity contribution in [3.8, 4) is 35.2 Å². The average molecular weight is 734 g/mol. The number of aryl methyl sites for hydroxylation is 1. The van der Waals surface area contributed by atoms with E-state index in [1.165, 1.54) is 18.2 Å². The van der Waals surface area contributed by atoms with E-state index in [-0.39, 0.29) is 56.2 Å². The number of phenols is 1. The normalized spacial score (nSPS) is 25.2. The van der Waals surface area contributed by atoms with E-state index >= 15 is 4.39 Å². The van der Waals surface area contributed by atoms with Gasteiger partial charge in [0.1, 0.15) is 17.1 Å². The Balaban J connectivity index is 1.18. The number of likely N-dealkylation sites (tertiary alicyclic amines) is 1. The highest BCUT2D eigenvalue weighted by Gasteiger charge is 2.48. The third-order valence-corrected chi connectivity index (χ3v) is 12.4. The highest BCUT2D eigenvalue weighted by molar-refractivity contribution is 8.00. The number of nitrogens with one attached hydrogen (secondary N) is 1. The van der Waals surface area contributed by atoms with Crippen LogP contribution in [0.15, 0.2) is 35.2 Å². The number of thioether (sulfide) groups is 1. The Hall–Kier alpha value is -3.83. The number of nitrogens with zero attached hydrogens (tertiary/aromatic N) is 4. The lowest BCUT2D eigenvalue weighted by molar-refractivity contribution is -0.0328. The van der Waals surface area contributed by atoms with Gasteiger partial charge in [0.05, 0.1) is 19.8 Å². The molecule has 52 heavy (non-hydrogen) atoms. The van der Waals surface area contributed by atoms with Crippen molar-refractivity contribution in [3.63, 3.8) is 0 Å². The maximum Gasteiger partial charge on any atom is 0.446 e. The number of ether oxygens (including phenoxy) is 2. The van der Waals surface area contributed by atoms with Gasteiger partial charge in [-0.3, -0.25) is 0 Å². The molecular formula is C39H39F4N5O3S. The predicted molar refractivity (Wildman–Crippen MR) is 192 cm³/mol. The molecule has 2 N–H and O–H groups in total. The third-order valence-electron chi connectivity index (χ3n) is 11.7. The van der Waals surface area contributed by atoms with E-state index in [1.54, 1.807) is 19.1 Å². The average Bonchev–Trinajstić information content (AvgIpc) is 3.33. The zero-order valence-electron chi connectivity index (χ0n) is 28.7. The van der Waals surface area contributed by atoms with E-state index in [1.807, 2.05) is 4.90 Å². The van der Waals surface area contributed by atoms with Crippen LogP contribution < -0.4 is 15.0 Å². The van der Waals surface area contributed by atoms with Crippen LogP contribution in [0.3, 0.4) is 0 Å². The molecule has 272 valence electrons. The van der Waals surface area contributed by atoms with Crippen molar-refractivity contribution < 1.29 is 32.1 Å². The molecule has 8 nitrogen and oxygen atoms in total. The fourth-order valence-corrected chi connectivity index (χ4v) is 9.69. The molecule has 4 atom stereocenters. The lowest BCUT2D eigenvalue weighted by Gasteiger charge is -2.34. The SMILES string of the molecule is C#Cc1c(C)ccc2cc(O)cc(-c3c(SC(F)(F)F)cc4c(N5CC6CCC(C5)N6)nc(OCC5(CN6C[C@H]7COC[C@@H]7C6)CC5)nc4c3F)c12. The van der Waals surface area contributed by atoms with Crippen LogP contribution in [0.25, 0.3) is 32.8 Å². The van der Waals surface area contributed by atoms with Crippen LogP contribution in [-0.2, 0) is 4.74 Å². The summed E-state index contributed by atoms with van der Waals surface area (Å²) >= 11 is -0.404. The minimum atomic E-state index is -4.75. The van der Waals surface area contributed by atoms with Gasteiger partial charge in [-0.25, -0.2) is 4.39 Å². The number of phenolic OH excluding ortho intramolecular Hbond substituents is 1. The Morgan fingerprint density at radius 2 is 1.81 bits per heavy atom. The monoisotopic (exact) mass is 733 g/mol. The van der Waals surface area contributed by atoms with E-state index in [2.05, 4.69) is 21.1 Å². The Bertz CT molecular complexity index is 2110. The summed E-state index contributed by atoms with van der Waals surface area (Å²) in [5.41, 5.74) is -4.13. The van der Waals surface area contributed by atoms with Crippen LogP contribution in [0.5, 0.6) is 11.8 Å². The molecule has 3 aromatic carbocycles. The Morgan fingerprint density at radius 1 is 1.08 bits per heavy atom. The summed E-state index contributed by atoms with van der Waals surface area (Å²) < 4.78 is 72.4. The molecule has 9 rings (SSSR count). The van der Waals surface area contributed by atoms with Crippen LogP contribution in [0.4, 0.5) is 23.4 Å². The quantitative estimate of drug-likeness (QED) is 0.115. The van der Waals surface area contributed by atoms with Gasteiger partial charge in [0.25, 0.3) is 0 Å². The zero-order valence-corrected chi connectivity index (χ0v) is 29.5. The number of benzene rings is 3. The van der Waals surface area contributed by atoms with E-state index in [9.17, 15) is 18.3 Å². The van der Waals surface area contributed by atoms with Crippen LogP contribution in [-0.4, -0.2) is 90.1 Å². The van der Waals surface area contributed by atoms with Gasteiger partial charge in [-0.05, 0) is 79.1 Å². The second kappa shape index (κ2) is 12.6. The molecule has 5 aliphatic rings. The van der Waals surface area contributed by atoms with Crippen LogP contribution in [0.2, 0.25) is 0 Å². The van der Waals surface area contributed by atoms with Crippen molar-refractivity contribution in [1.82, 2.24) is 20.2 Å². The second-order valence-corrected chi connectivity index (χ2v) is 16.5. The minimum absolute atomic E-state index is 0.00616. The van der Waals surface area contributed by atoms with Crippen molar-refractivity contribution in [2.45, 2.75) is 55.1 Å². The molecule has 2 bridgehead atoms. The van der Waals surface area contributed by atoms with Crippen LogP contribution in [0, 0.1) is 42.3 Å². The van der Waals surface area contributed by atoms with E-state index in [0.717, 1.165) is 58.5 Å². The molecule has 4 saturated heterocycles. The molecule has 4 aliphatic heterocycles. The lowest BCUT2D eigenvalue weighted by atomic mass is 9.91. The molecule has 2 unspecified atom stereocenters. The van der Waals surface area contributed by atoms with Crippen molar-refractivity contribution in [2.24, 2.45) is 17.3 Å². The Kier molecular flexibility index (Phi) is 8.26. The first-order valence-corrected chi connectivity index (χ1v) is 18.7. The van der Waals surface area contributed by atoms with Crippen LogP contribution in [0.1, 0.15) is 36.8 Å². The first-order valence-electron chi connectivity index (χ1n) is 17.9. The van der Waals surface area contributed by atoms with Gasteiger partial charge in [-0.15, -0.1) is 6.42 Å². The summed E-state index contributed by atoms with van der Waals surface area (Å²) in [6, 6.07) is 7.93. The number of hydrogen-bond acceptors (Lipinski definition) is 9. The number of anilines is 1. The van der Waals surface area contributed by atoms with E-state index < -0.39 is 23.1 Å². The number of fused-ring (bicyclic) bond motifs is 5. The van der Waals surface area contributed by atoms with Crippen molar-refractivity contribution in [2.75, 3.05) is 57.4 Å². The van der Waals surface area contributed by atoms with Gasteiger partial charge in [0.15, 0.2) is 5.82 Å². The smallest absolute Gasteiger partial charge is 0.446 e. The third kappa shape index (κ3) is 6.21. The molecule has 4 aromatic rings. The first-order chi connectivity index (χ1) is 25.0. The topological polar surface area (TPSA) is 83.0 Å². The number of piperazine rings is 1. The summed E-state index contributed by atoms with van der Waals surface area (Å²) in [5.74, 6) is 2.94. The first kappa shape index (κ1) is 34.0. The Labute approximate surface area is 303 Å². The van der Waals surface area contributed by atoms with E-state index in [0.29, 0.717) is 59.2 Å². The molecule has 5 fully saturated rings. The highest BCUT2D eigenvalue weighted by Crippen LogP contribution is 2.50. The van der Waals surface area contributed by atoms with Gasteiger partial charge in [0.2, 0.25) is 0 Å². The number of aromatic hydroxyl groups is 1. The molecule has 13 heteroatoms. The van der Waals surface area contributed by atoms with Gasteiger partial charge in [-0.2, -0.15) is 23.1 Å². The number of aromatic nitrogens is 2. The summed E-state index contributed by atoms with van der Waals surface area (Å²) in [6.07, 6.45) is 9.85. The maximum atomic E-state index is 17.4. The number of hydrogen-bond donors (Lipinski definition) is 2. The van der Waals surface area contributed by atoms with Gasteiger partial charge < -0.3 is 29.7 Å². The fraction of sp³-hybridized carbons (Fsp3) is 0.487. The van der Waals surface area contributed by atoms with Gasteiger partial charge in [-0.1, -0.05) is 18.1 Å². The molecule has 5 heterocycles. The number of terminal acetylenes is 1. The highest BCUT2D eigenvalue weighted by atomic mass is 32.2. The summed E-state index contributed by atoms with van der Waals surface area (Å²) in [7, 11) is 0. The summed E-state index contributed by atoms with van der Waals surface area (Å²) in [6.45, 7) is 7.80. The second-order valence-electron chi connectivity index (χ2n) is 15.4. The Morgan fingerprint density at radius 3 is 2.48 bits per heavy atom. The maximum absolute atomic E-state index is 17.4. The molecule has 0 spiro atoms. The van der Waals surface area contributed by atoms with Gasteiger partial charge >= 0.3 is 11.5 Å². The molecule has 0 radical (unpaired) electrons. The molecule has 0 amide bonds. The minimum Gasteiger partial charge on any atom is -0.508 e. The van der Waals surface area contributed by atoms with Crippen molar-refractivity contribution in [3.05, 3.63) is 47.3 Å². The standard InChI is InChI=1S/C39H39F4N5O3S/c1-3-28-21(2)4-5-22-10-27(49)11-29(32(22)28)33-31(52-39(41,42)43)12-30-35(34(33)40)45-37(46-36(30)48-15-25-6-7-26(16-48)44-25)51-20-38(8-9-38)19-47-13-23-17-50-18-24(23)14-47/h1,4-5,10-12,23-26,44,49H,6-9,13-20H2,2H3/t23-,24-,25?,26?/m0/s1. The predicted octanol–water partition coefficient (Wildman–Crippen LogP) is 6.87. The number of rotatable bonds is 8. The number of alkyl halides is 3. The molecule has 1 saturated carbocycles. The number of halogens is 4. The summed E-state index contributed by atoms with van der Waals surface area (Å²) in [5, 5.41) is 15.4. The molecular weight excluding hydrogens is 695 g/mol. The molecule has 1 aliphatic carbocycles. The fourth-order valence-electron chi connectivity index (χ4n) is 8.97. The molecule has 1 aromatic heterocycles. The largest absolute Gasteiger partial charge is 0.508 e. The van der Waals surface area contributed by atoms with Gasteiger partial charge in [0, 0.05) is 88.9 Å². The summed E-state index contributed by atoms with van der Waals surface area (Å²) in [4.78, 5) is 13.6. The van der Waals surface area contributed by atoms with Crippen molar-refractivity contribution in [1.29, 1.82) is 0 Å². The van der Waals surface area contributed by atoms with E-state index in [4.69, 9.17) is 20.9 Å². The zero-order chi connectivity index (χ0) is 35.9.